The standard InChI is InChI=1S/C18H18BrNO3S/c19-16-11-15(7-8-18(16)23-12-13-5-6-13)24(21,22)20-10-9-14-3-1-2-4-17(14)20/h1-4,7-8,11,13H,5-6,9-10,12H2. The molecule has 2 aliphatic rings. The Balaban J connectivity index is 1.61. The van der Waals surface area contributed by atoms with Gasteiger partial charge in [-0.1, -0.05) is 18.2 Å². The fourth-order valence-electron chi connectivity index (χ4n) is 2.94. The molecule has 1 heterocycles. The molecule has 2 aromatic carbocycles. The van der Waals surface area contributed by atoms with Gasteiger partial charge in [0.2, 0.25) is 0 Å². The fraction of sp³-hybridized carbons (Fsp3) is 0.333. The van der Waals surface area contributed by atoms with E-state index in [9.17, 15) is 8.42 Å². The van der Waals surface area contributed by atoms with Crippen molar-refractivity contribution < 1.29 is 13.2 Å². The van der Waals surface area contributed by atoms with E-state index in [0.29, 0.717) is 29.3 Å². The van der Waals surface area contributed by atoms with Gasteiger partial charge in [-0.3, -0.25) is 4.31 Å². The minimum absolute atomic E-state index is 0.282. The Morgan fingerprint density at radius 2 is 1.96 bits per heavy atom. The summed E-state index contributed by atoms with van der Waals surface area (Å²) in [6, 6.07) is 12.7. The Morgan fingerprint density at radius 3 is 2.71 bits per heavy atom. The largest absolute Gasteiger partial charge is 0.492 e. The van der Waals surface area contributed by atoms with Gasteiger partial charge in [-0.2, -0.15) is 0 Å². The molecule has 6 heteroatoms. The highest BCUT2D eigenvalue weighted by atomic mass is 79.9. The van der Waals surface area contributed by atoms with Crippen molar-refractivity contribution in [2.45, 2.75) is 24.2 Å². The van der Waals surface area contributed by atoms with E-state index in [1.165, 1.54) is 17.1 Å². The molecule has 1 saturated carbocycles. The van der Waals surface area contributed by atoms with Crippen LogP contribution in [0.1, 0.15) is 18.4 Å². The van der Waals surface area contributed by atoms with Gasteiger partial charge in [0.1, 0.15) is 5.75 Å². The van der Waals surface area contributed by atoms with Crippen molar-refractivity contribution in [2.75, 3.05) is 17.5 Å². The number of anilines is 1. The zero-order chi connectivity index (χ0) is 16.7. The summed E-state index contributed by atoms with van der Waals surface area (Å²) in [6.07, 6.45) is 3.19. The number of hydrogen-bond acceptors (Lipinski definition) is 3. The van der Waals surface area contributed by atoms with E-state index in [0.717, 1.165) is 17.7 Å². The Morgan fingerprint density at radius 1 is 1.17 bits per heavy atom. The van der Waals surface area contributed by atoms with Crippen molar-refractivity contribution in [3.8, 4) is 5.75 Å². The molecule has 0 atom stereocenters. The van der Waals surface area contributed by atoms with Crippen LogP contribution in [-0.4, -0.2) is 21.6 Å². The Hall–Kier alpha value is -1.53. The lowest BCUT2D eigenvalue weighted by molar-refractivity contribution is 0.298. The number of rotatable bonds is 5. The first-order valence-electron chi connectivity index (χ1n) is 8.09. The lowest BCUT2D eigenvalue weighted by atomic mass is 10.2. The monoisotopic (exact) mass is 407 g/mol. The van der Waals surface area contributed by atoms with Gasteiger partial charge in [-0.25, -0.2) is 8.42 Å². The van der Waals surface area contributed by atoms with Gasteiger partial charge in [-0.15, -0.1) is 0 Å². The number of sulfonamides is 1. The first kappa shape index (κ1) is 16.0. The van der Waals surface area contributed by atoms with Gasteiger partial charge in [0.25, 0.3) is 10.0 Å². The maximum absolute atomic E-state index is 13.0. The van der Waals surface area contributed by atoms with Crippen molar-refractivity contribution in [3.63, 3.8) is 0 Å². The number of nitrogens with zero attached hydrogens (tertiary/aromatic N) is 1. The number of fused-ring (bicyclic) bond motifs is 1. The Labute approximate surface area is 150 Å². The average Bonchev–Trinajstić information content (AvgIpc) is 3.30. The number of benzene rings is 2. The number of hydrogen-bond donors (Lipinski definition) is 0. The molecule has 4 rings (SSSR count). The van der Waals surface area contributed by atoms with Crippen LogP contribution in [0.2, 0.25) is 0 Å². The Bertz CT molecular complexity index is 878. The van der Waals surface area contributed by atoms with Crippen LogP contribution < -0.4 is 9.04 Å². The fourth-order valence-corrected chi connectivity index (χ4v) is 5.11. The number of halogens is 1. The molecule has 1 fully saturated rings. The lowest BCUT2D eigenvalue weighted by Crippen LogP contribution is -2.29. The van der Waals surface area contributed by atoms with E-state index in [1.54, 1.807) is 18.2 Å². The molecule has 0 spiro atoms. The van der Waals surface area contributed by atoms with Crippen LogP contribution in [0.25, 0.3) is 0 Å². The van der Waals surface area contributed by atoms with Gasteiger partial charge in [-0.05, 0) is 70.9 Å². The first-order valence-corrected chi connectivity index (χ1v) is 10.3. The predicted molar refractivity (Wildman–Crippen MR) is 97.0 cm³/mol. The zero-order valence-corrected chi connectivity index (χ0v) is 15.5. The first-order chi connectivity index (χ1) is 11.6. The van der Waals surface area contributed by atoms with Gasteiger partial charge >= 0.3 is 0 Å². The minimum Gasteiger partial charge on any atom is -0.492 e. The van der Waals surface area contributed by atoms with Crippen LogP contribution in [-0.2, 0) is 16.4 Å². The molecule has 24 heavy (non-hydrogen) atoms. The number of ether oxygens (including phenoxy) is 1. The van der Waals surface area contributed by atoms with Crippen LogP contribution in [0.3, 0.4) is 0 Å². The molecule has 4 nitrogen and oxygen atoms in total. The van der Waals surface area contributed by atoms with Gasteiger partial charge < -0.3 is 4.74 Å². The molecular formula is C18H18BrNO3S. The molecule has 0 amide bonds. The van der Waals surface area contributed by atoms with Crippen LogP contribution in [0.5, 0.6) is 5.75 Å². The zero-order valence-electron chi connectivity index (χ0n) is 13.1. The highest BCUT2D eigenvalue weighted by Gasteiger charge is 2.31. The Kier molecular flexibility index (Phi) is 4.04. The topological polar surface area (TPSA) is 46.6 Å². The van der Waals surface area contributed by atoms with Crippen LogP contribution in [0.4, 0.5) is 5.69 Å². The second kappa shape index (κ2) is 6.08. The molecule has 0 bridgehead atoms. The van der Waals surface area contributed by atoms with E-state index in [1.807, 2.05) is 24.3 Å². The molecule has 0 unspecified atom stereocenters. The van der Waals surface area contributed by atoms with Crippen LogP contribution in [0.15, 0.2) is 51.8 Å². The molecule has 1 aliphatic heterocycles. The normalized spacial score (nSPS) is 17.0. The lowest BCUT2D eigenvalue weighted by Gasteiger charge is -2.20. The molecule has 126 valence electrons. The summed E-state index contributed by atoms with van der Waals surface area (Å²) in [5.41, 5.74) is 1.85. The van der Waals surface area contributed by atoms with Crippen molar-refractivity contribution in [1.29, 1.82) is 0 Å². The summed E-state index contributed by atoms with van der Waals surface area (Å²) >= 11 is 3.44. The SMILES string of the molecule is O=S(=O)(c1ccc(OCC2CC2)c(Br)c1)N1CCc2ccccc21. The smallest absolute Gasteiger partial charge is 0.264 e. The van der Waals surface area contributed by atoms with Gasteiger partial charge in [0.15, 0.2) is 0 Å². The van der Waals surface area contributed by atoms with Crippen LogP contribution in [0, 0.1) is 5.92 Å². The highest BCUT2D eigenvalue weighted by molar-refractivity contribution is 9.10. The maximum Gasteiger partial charge on any atom is 0.264 e. The predicted octanol–water partition coefficient (Wildman–Crippen LogP) is 3.99. The van der Waals surface area contributed by atoms with Crippen molar-refractivity contribution in [2.24, 2.45) is 5.92 Å². The summed E-state index contributed by atoms with van der Waals surface area (Å²) in [5.74, 6) is 1.35. The second-order valence-electron chi connectivity index (χ2n) is 6.30. The summed E-state index contributed by atoms with van der Waals surface area (Å²) < 4.78 is 33.9. The third-order valence-corrected chi connectivity index (χ3v) is 6.94. The molecule has 1 aliphatic carbocycles. The van der Waals surface area contributed by atoms with Crippen LogP contribution >= 0.6 is 15.9 Å². The minimum atomic E-state index is -3.56. The van der Waals surface area contributed by atoms with E-state index < -0.39 is 10.0 Å². The quantitative estimate of drug-likeness (QED) is 0.752. The van der Waals surface area contributed by atoms with E-state index >= 15 is 0 Å². The number of para-hydroxylation sites is 1. The highest BCUT2D eigenvalue weighted by Crippen LogP contribution is 2.36. The van der Waals surface area contributed by atoms with E-state index in [-0.39, 0.29) is 4.90 Å². The summed E-state index contributed by atoms with van der Waals surface area (Å²) in [4.78, 5) is 0.282. The molecule has 0 N–H and O–H groups in total. The molecular weight excluding hydrogens is 390 g/mol. The third-order valence-electron chi connectivity index (χ3n) is 4.51. The molecule has 2 aromatic rings. The summed E-state index contributed by atoms with van der Waals surface area (Å²) in [7, 11) is -3.56. The molecule has 0 saturated heterocycles. The summed E-state index contributed by atoms with van der Waals surface area (Å²) in [5, 5.41) is 0. The van der Waals surface area contributed by atoms with E-state index in [4.69, 9.17) is 4.74 Å². The second-order valence-corrected chi connectivity index (χ2v) is 9.02. The molecule has 0 radical (unpaired) electrons. The van der Waals surface area contributed by atoms with E-state index in [2.05, 4.69) is 15.9 Å². The van der Waals surface area contributed by atoms with Gasteiger partial charge in [0.05, 0.1) is 21.7 Å². The third kappa shape index (κ3) is 2.93. The summed E-state index contributed by atoms with van der Waals surface area (Å²) in [6.45, 7) is 1.18. The van der Waals surface area contributed by atoms with Crippen molar-refractivity contribution in [1.82, 2.24) is 0 Å². The molecule has 0 aromatic heterocycles. The van der Waals surface area contributed by atoms with Crippen molar-refractivity contribution in [3.05, 3.63) is 52.5 Å². The maximum atomic E-state index is 13.0. The van der Waals surface area contributed by atoms with Crippen molar-refractivity contribution >= 4 is 31.6 Å². The average molecular weight is 408 g/mol. The van der Waals surface area contributed by atoms with Gasteiger partial charge in [0, 0.05) is 6.54 Å².